The van der Waals surface area contributed by atoms with E-state index in [4.69, 9.17) is 21.7 Å². The van der Waals surface area contributed by atoms with Crippen LogP contribution in [0.3, 0.4) is 0 Å². The second-order valence-electron chi connectivity index (χ2n) is 9.57. The Balaban J connectivity index is 1.36. The number of nitrogens with one attached hydrogen (secondary N) is 3. The molecule has 5 rings (SSSR count). The first kappa shape index (κ1) is 23.1. The molecule has 7 nitrogen and oxygen atoms in total. The monoisotopic (exact) mass is 485 g/mol. The number of nitrogens with zero attached hydrogens (tertiary/aromatic N) is 2. The van der Waals surface area contributed by atoms with Gasteiger partial charge in [-0.05, 0) is 51.7 Å². The molecule has 4 aliphatic rings. The summed E-state index contributed by atoms with van der Waals surface area (Å²) >= 11 is 6.22. The summed E-state index contributed by atoms with van der Waals surface area (Å²) in [5, 5.41) is 15.8. The summed E-state index contributed by atoms with van der Waals surface area (Å²) in [5.74, 6) is 0.0913. The minimum atomic E-state index is -0.437. The zero-order valence-electron chi connectivity index (χ0n) is 19.4. The number of likely N-dealkylation sites (tertiary alicyclic amines) is 1. The maximum atomic E-state index is 14.1. The van der Waals surface area contributed by atoms with Gasteiger partial charge in [0.1, 0.15) is 23.5 Å². The fourth-order valence-corrected chi connectivity index (χ4v) is 5.40. The van der Waals surface area contributed by atoms with E-state index in [2.05, 4.69) is 15.6 Å². The predicted octanol–water partition coefficient (Wildman–Crippen LogP) is 4.10. The van der Waals surface area contributed by atoms with Crippen LogP contribution in [0.4, 0.5) is 4.39 Å². The Kier molecular flexibility index (Phi) is 6.20. The van der Waals surface area contributed by atoms with Gasteiger partial charge in [-0.2, -0.15) is 0 Å². The molecule has 0 spiro atoms. The molecule has 3 fully saturated rings. The van der Waals surface area contributed by atoms with Gasteiger partial charge in [0.05, 0.1) is 35.1 Å². The molecule has 0 aromatic heterocycles. The van der Waals surface area contributed by atoms with Crippen LogP contribution in [-0.4, -0.2) is 53.5 Å². The van der Waals surface area contributed by atoms with Crippen LogP contribution in [0.25, 0.3) is 0 Å². The largest absolute Gasteiger partial charge is 0.489 e. The van der Waals surface area contributed by atoms with Crippen molar-refractivity contribution in [2.75, 3.05) is 13.1 Å². The number of allylic oxidation sites excluding steroid dienone is 2. The minimum absolute atomic E-state index is 0.0530. The van der Waals surface area contributed by atoms with Gasteiger partial charge in [0.15, 0.2) is 0 Å². The first-order valence-corrected chi connectivity index (χ1v) is 12.2. The van der Waals surface area contributed by atoms with E-state index >= 15 is 0 Å². The summed E-state index contributed by atoms with van der Waals surface area (Å²) in [4.78, 5) is 19.5. The van der Waals surface area contributed by atoms with Crippen molar-refractivity contribution in [2.24, 2.45) is 4.99 Å². The molecule has 34 heavy (non-hydrogen) atoms. The quantitative estimate of drug-likeness (QED) is 0.601. The first-order chi connectivity index (χ1) is 16.3. The number of halogens is 2. The number of hydrogen-bond acceptors (Lipinski definition) is 6. The number of hydrogen-bond donors (Lipinski definition) is 3. The summed E-state index contributed by atoms with van der Waals surface area (Å²) in [7, 11) is 0. The molecule has 3 atom stereocenters. The van der Waals surface area contributed by atoms with Crippen LogP contribution in [0.2, 0.25) is 0 Å². The molecule has 0 unspecified atom stereocenters. The van der Waals surface area contributed by atoms with Crippen molar-refractivity contribution in [3.8, 4) is 5.75 Å². The van der Waals surface area contributed by atoms with Crippen LogP contribution in [0.1, 0.15) is 56.3 Å². The lowest BCUT2D eigenvalue weighted by Gasteiger charge is -2.40. The summed E-state index contributed by atoms with van der Waals surface area (Å²) in [5.41, 5.74) is 2.70. The molecule has 4 aliphatic heterocycles. The Morgan fingerprint density at radius 3 is 2.68 bits per heavy atom. The summed E-state index contributed by atoms with van der Waals surface area (Å²) in [6.45, 7) is 4.04. The zero-order valence-corrected chi connectivity index (χ0v) is 20.1. The van der Waals surface area contributed by atoms with Crippen LogP contribution in [0, 0.1) is 11.2 Å². The lowest BCUT2D eigenvalue weighted by molar-refractivity contribution is 0.0767. The third-order valence-electron chi connectivity index (χ3n) is 7.01. The molecule has 1 amide bonds. The Labute approximate surface area is 203 Å². The summed E-state index contributed by atoms with van der Waals surface area (Å²) in [6, 6.07) is 4.90. The Hall–Kier alpha value is -2.71. The highest BCUT2D eigenvalue weighted by Gasteiger charge is 2.35. The number of fused-ring (bicyclic) bond motifs is 2. The summed E-state index contributed by atoms with van der Waals surface area (Å²) < 4.78 is 20.4. The van der Waals surface area contributed by atoms with E-state index in [-0.39, 0.29) is 30.9 Å². The zero-order chi connectivity index (χ0) is 24.0. The maximum absolute atomic E-state index is 14.1. The molecule has 0 aliphatic carbocycles. The fourth-order valence-electron chi connectivity index (χ4n) is 5.31. The van der Waals surface area contributed by atoms with Gasteiger partial charge in [-0.3, -0.25) is 4.79 Å². The van der Waals surface area contributed by atoms with Crippen molar-refractivity contribution < 1.29 is 13.9 Å². The molecule has 0 saturated carbocycles. The van der Waals surface area contributed by atoms with E-state index in [9.17, 15) is 9.18 Å². The van der Waals surface area contributed by atoms with Crippen LogP contribution in [-0.2, 0) is 0 Å². The highest BCUT2D eigenvalue weighted by Crippen LogP contribution is 2.32. The lowest BCUT2D eigenvalue weighted by atomic mass is 9.85. The topological polar surface area (TPSA) is 89.8 Å². The van der Waals surface area contributed by atoms with E-state index in [0.29, 0.717) is 45.5 Å². The van der Waals surface area contributed by atoms with Gasteiger partial charge in [0.2, 0.25) is 0 Å². The second-order valence-corrected chi connectivity index (χ2v) is 9.95. The minimum Gasteiger partial charge on any atom is -0.489 e. The van der Waals surface area contributed by atoms with Gasteiger partial charge in [-0.1, -0.05) is 18.0 Å². The molecular weight excluding hydrogens is 457 g/mol. The number of ether oxygens (including phenoxy) is 1. The Morgan fingerprint density at radius 2 is 1.97 bits per heavy atom. The van der Waals surface area contributed by atoms with E-state index in [1.165, 1.54) is 24.6 Å². The Bertz CT molecular complexity index is 1130. The number of aliphatic imine (C=N–C) groups is 1. The molecule has 4 heterocycles. The maximum Gasteiger partial charge on any atom is 0.258 e. The molecular formula is C25H29ClFN5O2. The lowest BCUT2D eigenvalue weighted by Crippen LogP contribution is -2.51. The van der Waals surface area contributed by atoms with Crippen molar-refractivity contribution in [2.45, 2.75) is 64.1 Å². The third-order valence-corrected chi connectivity index (χ3v) is 7.56. The van der Waals surface area contributed by atoms with Crippen molar-refractivity contribution in [3.05, 3.63) is 51.7 Å². The molecule has 180 valence electrons. The van der Waals surface area contributed by atoms with E-state index < -0.39 is 5.82 Å². The van der Waals surface area contributed by atoms with E-state index in [1.54, 1.807) is 4.90 Å². The molecule has 1 aromatic carbocycles. The van der Waals surface area contributed by atoms with Gasteiger partial charge >= 0.3 is 0 Å². The first-order valence-electron chi connectivity index (χ1n) is 11.8. The molecule has 1 aromatic rings. The smallest absolute Gasteiger partial charge is 0.258 e. The number of carbonyl (C=O) groups is 1. The van der Waals surface area contributed by atoms with Crippen molar-refractivity contribution in [1.29, 1.82) is 5.41 Å². The molecule has 0 radical (unpaired) electrons. The van der Waals surface area contributed by atoms with E-state index in [0.717, 1.165) is 31.4 Å². The van der Waals surface area contributed by atoms with Crippen LogP contribution < -0.4 is 15.4 Å². The Morgan fingerprint density at radius 1 is 1.24 bits per heavy atom. The van der Waals surface area contributed by atoms with Gasteiger partial charge < -0.3 is 25.7 Å². The van der Waals surface area contributed by atoms with Crippen molar-refractivity contribution in [3.63, 3.8) is 0 Å². The molecule has 9 heteroatoms. The predicted molar refractivity (Wildman–Crippen MR) is 130 cm³/mol. The van der Waals surface area contributed by atoms with Crippen molar-refractivity contribution in [1.82, 2.24) is 15.5 Å². The van der Waals surface area contributed by atoms with E-state index in [1.807, 2.05) is 13.8 Å². The normalized spacial score (nSPS) is 29.2. The van der Waals surface area contributed by atoms with Gasteiger partial charge in [0.25, 0.3) is 5.91 Å². The highest BCUT2D eigenvalue weighted by molar-refractivity contribution is 6.43. The third kappa shape index (κ3) is 4.49. The second kappa shape index (κ2) is 9.15. The number of rotatable bonds is 3. The molecule has 2 bridgehead atoms. The molecule has 3 N–H and O–H groups in total. The van der Waals surface area contributed by atoms with Crippen LogP contribution >= 0.6 is 11.6 Å². The summed E-state index contributed by atoms with van der Waals surface area (Å²) in [6.07, 6.45) is 5.11. The standard InChI is InChI=1S/C25H29ClFN5O2/c1-13-23(26)14(2)30-24(29-13)20-11-32(12-21(20)28)25(33)19-7-6-15(27)8-22(19)34-18-9-16-4-3-5-17(10-18)31-16/h6-8,16-18,28-29,31H,3-5,9-12H2,1-2H3/b24-20+,28-21?/t16-,17+,18+. The van der Waals surface area contributed by atoms with Crippen LogP contribution in [0.15, 0.2) is 45.3 Å². The van der Waals surface area contributed by atoms with Gasteiger partial charge in [0, 0.05) is 29.4 Å². The van der Waals surface area contributed by atoms with Gasteiger partial charge in [-0.15, -0.1) is 0 Å². The SMILES string of the molecule is CC1=N/C(=C2\CN(C(=O)c3ccc(F)cc3O[C@H]3C[C@H]4CCC[C@@H](C3)N4)CC2=N)NC(C)=C1Cl. The molecule has 3 saturated heterocycles. The number of carbonyl (C=O) groups excluding carboxylic acids is 1. The van der Waals surface area contributed by atoms with Crippen LogP contribution in [0.5, 0.6) is 5.75 Å². The average Bonchev–Trinajstić information content (AvgIpc) is 3.18. The highest BCUT2D eigenvalue weighted by atomic mass is 35.5. The number of benzene rings is 1. The number of piperidine rings is 2. The van der Waals surface area contributed by atoms with Gasteiger partial charge in [-0.25, -0.2) is 9.38 Å². The average molecular weight is 486 g/mol. The van der Waals surface area contributed by atoms with Crippen molar-refractivity contribution >= 4 is 28.9 Å². The fraction of sp³-hybridized carbons (Fsp3) is 0.480. The number of amides is 1.